The van der Waals surface area contributed by atoms with Crippen molar-refractivity contribution >= 4 is 23.8 Å². The van der Waals surface area contributed by atoms with E-state index < -0.39 is 42.3 Å². The number of aromatic nitrogens is 1. The molecule has 180 valence electrons. The number of nitrogens with zero attached hydrogens (tertiary/aromatic N) is 1. The van der Waals surface area contributed by atoms with E-state index >= 15 is 0 Å². The highest BCUT2D eigenvalue weighted by Gasteiger charge is 2.50. The Morgan fingerprint density at radius 3 is 2.45 bits per heavy atom. The van der Waals surface area contributed by atoms with Crippen LogP contribution in [0.25, 0.3) is 0 Å². The molecule has 1 aromatic rings. The number of primary amides is 1. The van der Waals surface area contributed by atoms with Gasteiger partial charge in [-0.25, -0.2) is 9.59 Å². The zero-order valence-electron chi connectivity index (χ0n) is 19.3. The van der Waals surface area contributed by atoms with E-state index in [0.717, 1.165) is 12.2 Å². The van der Waals surface area contributed by atoms with Crippen LogP contribution in [0.15, 0.2) is 36.7 Å². The van der Waals surface area contributed by atoms with Gasteiger partial charge in [-0.15, -0.1) is 0 Å². The molecule has 0 unspecified atom stereocenters. The van der Waals surface area contributed by atoms with Gasteiger partial charge in [0.2, 0.25) is 0 Å². The van der Waals surface area contributed by atoms with E-state index in [1.165, 1.54) is 13.1 Å². The zero-order chi connectivity index (χ0) is 24.5. The Labute approximate surface area is 192 Å². The van der Waals surface area contributed by atoms with Gasteiger partial charge in [-0.05, 0) is 18.9 Å². The minimum absolute atomic E-state index is 0.129. The summed E-state index contributed by atoms with van der Waals surface area (Å²) in [5.41, 5.74) is 5.61. The number of hydrogen-bond acceptors (Lipinski definition) is 8. The molecule has 0 bridgehead atoms. The molecule has 2 N–H and O–H groups in total. The van der Waals surface area contributed by atoms with Crippen molar-refractivity contribution in [3.05, 3.63) is 42.2 Å². The van der Waals surface area contributed by atoms with Gasteiger partial charge in [-0.1, -0.05) is 20.8 Å². The van der Waals surface area contributed by atoms with Gasteiger partial charge in [-0.2, -0.15) is 4.57 Å². The predicted octanol–water partition coefficient (Wildman–Crippen LogP) is 1.37. The molecule has 0 spiro atoms. The van der Waals surface area contributed by atoms with E-state index in [9.17, 15) is 19.2 Å². The molecule has 1 aliphatic heterocycles. The van der Waals surface area contributed by atoms with Gasteiger partial charge in [0.05, 0.1) is 0 Å². The third kappa shape index (κ3) is 7.38. The lowest BCUT2D eigenvalue weighted by molar-refractivity contribution is -0.765. The largest absolute Gasteiger partial charge is 0.460 e. The molecule has 1 aliphatic rings. The van der Waals surface area contributed by atoms with Crippen LogP contribution >= 0.6 is 0 Å². The Kier molecular flexibility index (Phi) is 9.53. The Morgan fingerprint density at radius 1 is 1.18 bits per heavy atom. The van der Waals surface area contributed by atoms with Crippen molar-refractivity contribution in [1.29, 1.82) is 0 Å². The van der Waals surface area contributed by atoms with E-state index in [0.29, 0.717) is 12.8 Å². The fraction of sp³-hybridized carbons (Fsp3) is 0.522. The van der Waals surface area contributed by atoms with Gasteiger partial charge in [0.15, 0.2) is 18.5 Å². The third-order valence-electron chi connectivity index (χ3n) is 5.34. The maximum atomic E-state index is 12.1. The molecule has 0 radical (unpaired) electrons. The number of ether oxygens (including phenoxy) is 4. The summed E-state index contributed by atoms with van der Waals surface area (Å²) in [6, 6.07) is 3.18. The molecular formula is C23H31N2O8+. The first-order valence-electron chi connectivity index (χ1n) is 10.8. The average molecular weight is 464 g/mol. The van der Waals surface area contributed by atoms with Crippen LogP contribution in [0.1, 0.15) is 57.1 Å². The minimum atomic E-state index is -0.752. The number of nitrogens with two attached hydrogens (primary N) is 1. The monoisotopic (exact) mass is 463 g/mol. The SMILES string of the molecule is CCC(CC)OC(=O)/C=C/C(=O)OC[C@H]1O[C@@H]([n+]2cccc(C(N)=O)c2)[C@H](OC(C)=O)[C@@H]1C. The summed E-state index contributed by atoms with van der Waals surface area (Å²) in [5.74, 6) is -2.79. The first-order chi connectivity index (χ1) is 15.7. The summed E-state index contributed by atoms with van der Waals surface area (Å²) in [6.07, 6.45) is 4.30. The van der Waals surface area contributed by atoms with Crippen LogP contribution in [-0.4, -0.2) is 48.7 Å². The minimum Gasteiger partial charge on any atom is -0.460 e. The normalized spacial score (nSPS) is 22.3. The summed E-state index contributed by atoms with van der Waals surface area (Å²) in [7, 11) is 0. The molecule has 1 fully saturated rings. The number of pyridine rings is 1. The molecule has 1 saturated heterocycles. The van der Waals surface area contributed by atoms with Crippen molar-refractivity contribution in [3.63, 3.8) is 0 Å². The Hall–Kier alpha value is -3.27. The second kappa shape index (κ2) is 12.1. The van der Waals surface area contributed by atoms with Gasteiger partial charge >= 0.3 is 24.1 Å². The number of rotatable bonds is 10. The molecule has 0 saturated carbocycles. The van der Waals surface area contributed by atoms with Crippen molar-refractivity contribution in [2.24, 2.45) is 11.7 Å². The van der Waals surface area contributed by atoms with Gasteiger partial charge in [0.25, 0.3) is 5.91 Å². The quantitative estimate of drug-likeness (QED) is 0.238. The molecule has 33 heavy (non-hydrogen) atoms. The van der Waals surface area contributed by atoms with Crippen LogP contribution < -0.4 is 10.3 Å². The van der Waals surface area contributed by atoms with Crippen LogP contribution in [0, 0.1) is 5.92 Å². The van der Waals surface area contributed by atoms with E-state index in [4.69, 9.17) is 24.7 Å². The molecule has 10 heteroatoms. The molecule has 1 amide bonds. The van der Waals surface area contributed by atoms with Gasteiger partial charge in [0, 0.05) is 31.1 Å². The summed E-state index contributed by atoms with van der Waals surface area (Å²) < 4.78 is 23.5. The fourth-order valence-corrected chi connectivity index (χ4v) is 3.44. The number of amides is 1. The lowest BCUT2D eigenvalue weighted by atomic mass is 10.0. The van der Waals surface area contributed by atoms with Gasteiger partial charge in [0.1, 0.15) is 24.4 Å². The lowest BCUT2D eigenvalue weighted by Gasteiger charge is -2.17. The summed E-state index contributed by atoms with van der Waals surface area (Å²) in [6.45, 7) is 6.76. The van der Waals surface area contributed by atoms with Crippen molar-refractivity contribution in [3.8, 4) is 0 Å². The number of hydrogen-bond donors (Lipinski definition) is 1. The average Bonchev–Trinajstić information content (AvgIpc) is 3.09. The van der Waals surface area contributed by atoms with Crippen molar-refractivity contribution in [1.82, 2.24) is 0 Å². The van der Waals surface area contributed by atoms with Crippen LogP contribution in [0.5, 0.6) is 0 Å². The second-order valence-electron chi connectivity index (χ2n) is 7.74. The molecule has 0 aromatic carbocycles. The molecule has 0 aliphatic carbocycles. The predicted molar refractivity (Wildman–Crippen MR) is 114 cm³/mol. The molecular weight excluding hydrogens is 432 g/mol. The van der Waals surface area contributed by atoms with Crippen molar-refractivity contribution in [2.45, 2.75) is 65.1 Å². The van der Waals surface area contributed by atoms with E-state index in [-0.39, 0.29) is 24.2 Å². The summed E-state index contributed by atoms with van der Waals surface area (Å²) in [5, 5.41) is 0. The Morgan fingerprint density at radius 2 is 1.85 bits per heavy atom. The Balaban J connectivity index is 2.04. The number of carbonyl (C=O) groups is 4. The molecule has 2 rings (SSSR count). The third-order valence-corrected chi connectivity index (χ3v) is 5.34. The highest BCUT2D eigenvalue weighted by atomic mass is 16.6. The topological polar surface area (TPSA) is 135 Å². The highest BCUT2D eigenvalue weighted by Crippen LogP contribution is 2.33. The van der Waals surface area contributed by atoms with Crippen LogP contribution in [-0.2, 0) is 33.3 Å². The first-order valence-corrected chi connectivity index (χ1v) is 10.8. The maximum Gasteiger partial charge on any atom is 0.331 e. The standard InChI is InChI=1S/C23H30N2O8/c1-5-17(6-2)32-20(28)10-9-19(27)30-13-18-14(3)21(31-15(4)26)23(33-18)25-11-7-8-16(12-25)22(24)29/h7-12,14,17-18,21,23H,5-6,13H2,1-4H3,(H-,24,29)/p+1/b10-9+/t14-,18-,21-,23-/m1/s1. The zero-order valence-corrected chi connectivity index (χ0v) is 19.3. The fourth-order valence-electron chi connectivity index (χ4n) is 3.44. The molecule has 2 heterocycles. The van der Waals surface area contributed by atoms with Crippen LogP contribution in [0.3, 0.4) is 0 Å². The lowest BCUT2D eigenvalue weighted by Crippen LogP contribution is -2.46. The van der Waals surface area contributed by atoms with Crippen molar-refractivity contribution < 1.29 is 42.7 Å². The molecule has 4 atom stereocenters. The van der Waals surface area contributed by atoms with E-state index in [2.05, 4.69) is 0 Å². The Bertz CT molecular complexity index is 896. The molecule has 1 aromatic heterocycles. The maximum absolute atomic E-state index is 12.1. The summed E-state index contributed by atoms with van der Waals surface area (Å²) >= 11 is 0. The summed E-state index contributed by atoms with van der Waals surface area (Å²) in [4.78, 5) is 47.0. The van der Waals surface area contributed by atoms with E-state index in [1.807, 2.05) is 13.8 Å². The molecule has 10 nitrogen and oxygen atoms in total. The van der Waals surface area contributed by atoms with Crippen molar-refractivity contribution in [2.75, 3.05) is 6.61 Å². The smallest absolute Gasteiger partial charge is 0.331 e. The highest BCUT2D eigenvalue weighted by molar-refractivity contribution is 5.92. The number of esters is 3. The van der Waals surface area contributed by atoms with Crippen LogP contribution in [0.2, 0.25) is 0 Å². The second-order valence-corrected chi connectivity index (χ2v) is 7.74. The van der Waals surface area contributed by atoms with Gasteiger partial charge < -0.3 is 24.7 Å². The van der Waals surface area contributed by atoms with Gasteiger partial charge in [-0.3, -0.25) is 9.59 Å². The number of carbonyl (C=O) groups excluding carboxylic acids is 4. The first kappa shape index (κ1) is 26.0. The van der Waals surface area contributed by atoms with E-state index in [1.54, 1.807) is 29.8 Å². The van der Waals surface area contributed by atoms with Crippen LogP contribution in [0.4, 0.5) is 0 Å².